The van der Waals surface area contributed by atoms with Crippen molar-refractivity contribution in [3.8, 4) is 0 Å². The molecule has 0 atom stereocenters. The predicted molar refractivity (Wildman–Crippen MR) is 74.6 cm³/mol. The zero-order valence-corrected chi connectivity index (χ0v) is 11.2. The molecule has 100 valence electrons. The zero-order valence-electron chi connectivity index (χ0n) is 11.2. The van der Waals surface area contributed by atoms with Crippen molar-refractivity contribution in [1.29, 1.82) is 0 Å². The standard InChI is InChI=1S/C15H18N2O2/c1-17(2)11-8-13(18)15(9-10-15)14(19)16-12-6-4-3-5-7-12/h3-8,11H,9-10H2,1-2H3,(H,16,19)/b11-8+. The molecule has 0 heterocycles. The number of hydrogen-bond acceptors (Lipinski definition) is 3. The van der Waals surface area contributed by atoms with Crippen LogP contribution in [0.25, 0.3) is 0 Å². The molecular weight excluding hydrogens is 240 g/mol. The minimum Gasteiger partial charge on any atom is -0.383 e. The number of para-hydroxylation sites is 1. The van der Waals surface area contributed by atoms with Crippen molar-refractivity contribution >= 4 is 17.4 Å². The summed E-state index contributed by atoms with van der Waals surface area (Å²) < 4.78 is 0. The molecule has 4 nitrogen and oxygen atoms in total. The third kappa shape index (κ3) is 3.02. The van der Waals surface area contributed by atoms with E-state index in [4.69, 9.17) is 0 Å². The van der Waals surface area contributed by atoms with E-state index in [0.29, 0.717) is 12.8 Å². The lowest BCUT2D eigenvalue weighted by molar-refractivity contribution is -0.130. The Labute approximate surface area is 113 Å². The molecule has 0 radical (unpaired) electrons. The van der Waals surface area contributed by atoms with Crippen LogP contribution in [0.4, 0.5) is 5.69 Å². The molecule has 1 aliphatic carbocycles. The lowest BCUT2D eigenvalue weighted by Crippen LogP contribution is -2.30. The van der Waals surface area contributed by atoms with Crippen LogP contribution in [-0.2, 0) is 9.59 Å². The van der Waals surface area contributed by atoms with Crippen LogP contribution in [0.15, 0.2) is 42.6 Å². The molecule has 0 saturated heterocycles. The van der Waals surface area contributed by atoms with Crippen molar-refractivity contribution in [2.24, 2.45) is 5.41 Å². The first-order chi connectivity index (χ1) is 9.04. The Bertz CT molecular complexity index is 502. The molecule has 1 amide bonds. The van der Waals surface area contributed by atoms with Crippen molar-refractivity contribution in [3.63, 3.8) is 0 Å². The molecule has 0 aromatic heterocycles. The minimum atomic E-state index is -0.845. The summed E-state index contributed by atoms with van der Waals surface area (Å²) in [7, 11) is 3.68. The van der Waals surface area contributed by atoms with Gasteiger partial charge in [-0.25, -0.2) is 0 Å². The van der Waals surface area contributed by atoms with Gasteiger partial charge >= 0.3 is 0 Å². The van der Waals surface area contributed by atoms with E-state index in [-0.39, 0.29) is 11.7 Å². The van der Waals surface area contributed by atoms with Gasteiger partial charge in [0.2, 0.25) is 5.91 Å². The van der Waals surface area contributed by atoms with E-state index in [1.807, 2.05) is 44.4 Å². The number of amides is 1. The van der Waals surface area contributed by atoms with Crippen LogP contribution in [-0.4, -0.2) is 30.7 Å². The van der Waals surface area contributed by atoms with Gasteiger partial charge in [0.25, 0.3) is 0 Å². The smallest absolute Gasteiger partial charge is 0.238 e. The van der Waals surface area contributed by atoms with Gasteiger partial charge in [-0.15, -0.1) is 0 Å². The van der Waals surface area contributed by atoms with Gasteiger partial charge in [0.1, 0.15) is 5.41 Å². The van der Waals surface area contributed by atoms with Gasteiger partial charge in [0.15, 0.2) is 5.78 Å². The van der Waals surface area contributed by atoms with E-state index >= 15 is 0 Å². The van der Waals surface area contributed by atoms with Crippen molar-refractivity contribution < 1.29 is 9.59 Å². The first-order valence-electron chi connectivity index (χ1n) is 6.30. The second-order valence-corrected chi connectivity index (χ2v) is 5.05. The maximum absolute atomic E-state index is 12.2. The quantitative estimate of drug-likeness (QED) is 0.649. The molecule has 1 aromatic rings. The van der Waals surface area contributed by atoms with E-state index in [0.717, 1.165) is 5.69 Å². The zero-order chi connectivity index (χ0) is 13.9. The Morgan fingerprint density at radius 1 is 1.21 bits per heavy atom. The Kier molecular flexibility index (Phi) is 3.69. The van der Waals surface area contributed by atoms with E-state index < -0.39 is 5.41 Å². The lowest BCUT2D eigenvalue weighted by Gasteiger charge is -2.13. The fourth-order valence-corrected chi connectivity index (χ4v) is 1.86. The summed E-state index contributed by atoms with van der Waals surface area (Å²) in [4.78, 5) is 26.1. The highest BCUT2D eigenvalue weighted by atomic mass is 16.2. The summed E-state index contributed by atoms with van der Waals surface area (Å²) >= 11 is 0. The number of nitrogens with zero attached hydrogens (tertiary/aromatic N) is 1. The topological polar surface area (TPSA) is 49.4 Å². The minimum absolute atomic E-state index is 0.116. The molecule has 1 saturated carbocycles. The molecule has 1 fully saturated rings. The summed E-state index contributed by atoms with van der Waals surface area (Å²) in [5.74, 6) is -0.318. The number of benzene rings is 1. The number of anilines is 1. The summed E-state index contributed by atoms with van der Waals surface area (Å²) in [6.45, 7) is 0. The van der Waals surface area contributed by atoms with Crippen LogP contribution >= 0.6 is 0 Å². The summed E-state index contributed by atoms with van der Waals surface area (Å²) in [6.07, 6.45) is 4.42. The van der Waals surface area contributed by atoms with Crippen LogP contribution < -0.4 is 5.32 Å². The summed E-state index contributed by atoms with van der Waals surface area (Å²) in [5.41, 5.74) is -0.120. The number of carbonyl (C=O) groups excluding carboxylic acids is 2. The monoisotopic (exact) mass is 258 g/mol. The van der Waals surface area contributed by atoms with E-state index in [9.17, 15) is 9.59 Å². The molecule has 2 rings (SSSR count). The molecule has 0 unspecified atom stereocenters. The average Bonchev–Trinajstić information content (AvgIpc) is 3.18. The molecule has 4 heteroatoms. The SMILES string of the molecule is CN(C)/C=C/C(=O)C1(C(=O)Nc2ccccc2)CC1. The van der Waals surface area contributed by atoms with Gasteiger partial charge in [-0.3, -0.25) is 9.59 Å². The Morgan fingerprint density at radius 3 is 2.37 bits per heavy atom. The second-order valence-electron chi connectivity index (χ2n) is 5.05. The molecular formula is C15H18N2O2. The van der Waals surface area contributed by atoms with Crippen LogP contribution in [0, 0.1) is 5.41 Å². The van der Waals surface area contributed by atoms with Gasteiger partial charge in [0, 0.05) is 26.0 Å². The van der Waals surface area contributed by atoms with Crippen LogP contribution in [0.3, 0.4) is 0 Å². The van der Waals surface area contributed by atoms with Crippen molar-refractivity contribution in [2.45, 2.75) is 12.8 Å². The Hall–Kier alpha value is -2.10. The molecule has 1 N–H and O–H groups in total. The highest BCUT2D eigenvalue weighted by Crippen LogP contribution is 2.47. The Balaban J connectivity index is 2.04. The Morgan fingerprint density at radius 2 is 1.84 bits per heavy atom. The van der Waals surface area contributed by atoms with Crippen molar-refractivity contribution in [2.75, 3.05) is 19.4 Å². The highest BCUT2D eigenvalue weighted by Gasteiger charge is 2.55. The van der Waals surface area contributed by atoms with Gasteiger partial charge in [-0.05, 0) is 31.1 Å². The summed E-state index contributed by atoms with van der Waals surface area (Å²) in [6, 6.07) is 9.21. The largest absolute Gasteiger partial charge is 0.383 e. The number of nitrogens with one attached hydrogen (secondary N) is 1. The number of allylic oxidation sites excluding steroid dienone is 1. The number of rotatable bonds is 5. The van der Waals surface area contributed by atoms with Gasteiger partial charge < -0.3 is 10.2 Å². The van der Waals surface area contributed by atoms with Gasteiger partial charge in [-0.1, -0.05) is 18.2 Å². The van der Waals surface area contributed by atoms with Crippen molar-refractivity contribution in [3.05, 3.63) is 42.6 Å². The third-order valence-electron chi connectivity index (χ3n) is 3.21. The third-order valence-corrected chi connectivity index (χ3v) is 3.21. The molecule has 1 aromatic carbocycles. The average molecular weight is 258 g/mol. The second kappa shape index (κ2) is 5.26. The fraction of sp³-hybridized carbons (Fsp3) is 0.333. The maximum atomic E-state index is 12.2. The fourth-order valence-electron chi connectivity index (χ4n) is 1.86. The first-order valence-corrected chi connectivity index (χ1v) is 6.30. The van der Waals surface area contributed by atoms with E-state index in [2.05, 4.69) is 5.32 Å². The molecule has 0 spiro atoms. The summed E-state index contributed by atoms with van der Waals surface area (Å²) in [5, 5.41) is 2.81. The van der Waals surface area contributed by atoms with E-state index in [1.54, 1.807) is 11.1 Å². The lowest BCUT2D eigenvalue weighted by atomic mass is 9.99. The molecule has 0 bridgehead atoms. The highest BCUT2D eigenvalue weighted by molar-refractivity contribution is 6.17. The van der Waals surface area contributed by atoms with Crippen LogP contribution in [0.5, 0.6) is 0 Å². The van der Waals surface area contributed by atoms with E-state index in [1.165, 1.54) is 6.08 Å². The normalized spacial score (nSPS) is 16.1. The van der Waals surface area contributed by atoms with Crippen LogP contribution in [0.2, 0.25) is 0 Å². The number of ketones is 1. The van der Waals surface area contributed by atoms with Gasteiger partial charge in [0.05, 0.1) is 0 Å². The molecule has 1 aliphatic rings. The first kappa shape index (κ1) is 13.3. The van der Waals surface area contributed by atoms with Crippen LogP contribution in [0.1, 0.15) is 12.8 Å². The predicted octanol–water partition coefficient (Wildman–Crippen LogP) is 2.05. The molecule has 19 heavy (non-hydrogen) atoms. The maximum Gasteiger partial charge on any atom is 0.238 e. The van der Waals surface area contributed by atoms with Gasteiger partial charge in [-0.2, -0.15) is 0 Å². The number of hydrogen-bond donors (Lipinski definition) is 1. The van der Waals surface area contributed by atoms with Crippen molar-refractivity contribution in [1.82, 2.24) is 4.90 Å². The number of carbonyl (C=O) groups is 2. The molecule has 0 aliphatic heterocycles.